The van der Waals surface area contributed by atoms with Crippen molar-refractivity contribution in [1.29, 1.82) is 0 Å². The number of benzene rings is 2. The number of nitrogens with zero attached hydrogens (tertiary/aromatic N) is 4. The molecule has 0 bridgehead atoms. The Labute approximate surface area is 183 Å². The fraction of sp³-hybridized carbons (Fsp3) is 0.304. The zero-order chi connectivity index (χ0) is 21.8. The number of carbonyl (C=O) groups excluding carboxylic acids is 1. The van der Waals surface area contributed by atoms with Gasteiger partial charge in [0.1, 0.15) is 0 Å². The highest BCUT2D eigenvalue weighted by atomic mass is 32.2. The number of hydrogen-bond donors (Lipinski definition) is 0. The molecule has 4 rings (SSSR count). The molecule has 0 atom stereocenters. The van der Waals surface area contributed by atoms with Gasteiger partial charge in [-0.05, 0) is 37.1 Å². The summed E-state index contributed by atoms with van der Waals surface area (Å²) in [4.78, 5) is 14.9. The van der Waals surface area contributed by atoms with E-state index in [2.05, 4.69) is 5.10 Å². The fourth-order valence-electron chi connectivity index (χ4n) is 3.91. The average Bonchev–Trinajstić information content (AvgIpc) is 3.28. The Balaban J connectivity index is 1.34. The van der Waals surface area contributed by atoms with Crippen LogP contribution in [0, 0.1) is 5.92 Å². The number of para-hydroxylation sites is 1. The van der Waals surface area contributed by atoms with E-state index >= 15 is 0 Å². The molecule has 162 valence electrons. The summed E-state index contributed by atoms with van der Waals surface area (Å²) in [6, 6.07) is 18.3. The highest BCUT2D eigenvalue weighted by molar-refractivity contribution is 7.89. The minimum Gasteiger partial charge on any atom is -0.341 e. The number of sulfonamides is 1. The van der Waals surface area contributed by atoms with Gasteiger partial charge in [0.05, 0.1) is 16.8 Å². The zero-order valence-corrected chi connectivity index (χ0v) is 18.3. The van der Waals surface area contributed by atoms with E-state index in [4.69, 9.17) is 0 Å². The van der Waals surface area contributed by atoms with E-state index in [1.807, 2.05) is 36.5 Å². The lowest BCUT2D eigenvalue weighted by molar-refractivity contribution is -0.135. The van der Waals surface area contributed by atoms with Crippen molar-refractivity contribution >= 4 is 15.9 Å². The van der Waals surface area contributed by atoms with Gasteiger partial charge in [0, 0.05) is 44.4 Å². The Bertz CT molecular complexity index is 1120. The van der Waals surface area contributed by atoms with Crippen molar-refractivity contribution in [2.45, 2.75) is 24.3 Å². The highest BCUT2D eigenvalue weighted by Gasteiger charge is 2.33. The molecular weight excluding hydrogens is 412 g/mol. The fourth-order valence-corrected chi connectivity index (χ4v) is 5.40. The molecule has 8 heteroatoms. The molecule has 1 fully saturated rings. The van der Waals surface area contributed by atoms with E-state index in [-0.39, 0.29) is 11.8 Å². The van der Waals surface area contributed by atoms with Gasteiger partial charge in [-0.25, -0.2) is 13.1 Å². The second kappa shape index (κ2) is 9.03. The standard InChI is InChI=1S/C23H26N4O3S/c1-25(17-19-16-24-27(18-19)21-8-4-2-5-9-21)23(28)20-12-14-26(15-13-20)31(29,30)22-10-6-3-7-11-22/h2-11,16,18,20H,12-15,17H2,1H3. The quantitative estimate of drug-likeness (QED) is 0.593. The van der Waals surface area contributed by atoms with E-state index in [1.54, 1.807) is 53.2 Å². The van der Waals surface area contributed by atoms with Crippen LogP contribution in [0.5, 0.6) is 0 Å². The van der Waals surface area contributed by atoms with Crippen LogP contribution in [0.25, 0.3) is 5.69 Å². The molecule has 2 heterocycles. The van der Waals surface area contributed by atoms with Crippen LogP contribution in [0.1, 0.15) is 18.4 Å². The molecule has 1 aliphatic heterocycles. The lowest BCUT2D eigenvalue weighted by Gasteiger charge is -2.32. The first-order valence-corrected chi connectivity index (χ1v) is 11.8. The smallest absolute Gasteiger partial charge is 0.243 e. The summed E-state index contributed by atoms with van der Waals surface area (Å²) < 4.78 is 28.8. The Morgan fingerprint density at radius 2 is 1.65 bits per heavy atom. The molecule has 31 heavy (non-hydrogen) atoms. The van der Waals surface area contributed by atoms with Gasteiger partial charge in [0.25, 0.3) is 0 Å². The van der Waals surface area contributed by atoms with Gasteiger partial charge in [0.2, 0.25) is 15.9 Å². The van der Waals surface area contributed by atoms with Crippen molar-refractivity contribution in [3.05, 3.63) is 78.6 Å². The molecule has 7 nitrogen and oxygen atoms in total. The Morgan fingerprint density at radius 3 is 2.29 bits per heavy atom. The van der Waals surface area contributed by atoms with Crippen molar-refractivity contribution in [2.75, 3.05) is 20.1 Å². The summed E-state index contributed by atoms with van der Waals surface area (Å²) in [5, 5.41) is 4.38. The monoisotopic (exact) mass is 438 g/mol. The Hall–Kier alpha value is -2.97. The highest BCUT2D eigenvalue weighted by Crippen LogP contribution is 2.25. The molecule has 0 unspecified atom stereocenters. The van der Waals surface area contributed by atoms with Gasteiger partial charge in [0.15, 0.2) is 0 Å². The third-order valence-corrected chi connectivity index (χ3v) is 7.55. The van der Waals surface area contributed by atoms with E-state index < -0.39 is 10.0 Å². The summed E-state index contributed by atoms with van der Waals surface area (Å²) >= 11 is 0. The first kappa shape index (κ1) is 21.3. The van der Waals surface area contributed by atoms with Crippen molar-refractivity contribution in [2.24, 2.45) is 5.92 Å². The summed E-state index contributed by atoms with van der Waals surface area (Å²) in [6.45, 7) is 1.18. The zero-order valence-electron chi connectivity index (χ0n) is 17.5. The minimum absolute atomic E-state index is 0.0456. The third-order valence-electron chi connectivity index (χ3n) is 5.64. The number of aromatic nitrogens is 2. The number of hydrogen-bond acceptors (Lipinski definition) is 4. The van der Waals surface area contributed by atoms with E-state index in [9.17, 15) is 13.2 Å². The van der Waals surface area contributed by atoms with Crippen LogP contribution in [0.4, 0.5) is 0 Å². The molecule has 0 aliphatic carbocycles. The van der Waals surface area contributed by atoms with Crippen LogP contribution in [0.3, 0.4) is 0 Å². The Kier molecular flexibility index (Phi) is 6.20. The van der Waals surface area contributed by atoms with Crippen LogP contribution < -0.4 is 0 Å². The maximum absolute atomic E-state index is 12.9. The van der Waals surface area contributed by atoms with Gasteiger partial charge in [-0.15, -0.1) is 0 Å². The summed E-state index contributed by atoms with van der Waals surface area (Å²) in [6.07, 6.45) is 4.75. The molecule has 3 aromatic rings. The van der Waals surface area contributed by atoms with Crippen LogP contribution in [0.2, 0.25) is 0 Å². The van der Waals surface area contributed by atoms with Gasteiger partial charge in [-0.3, -0.25) is 4.79 Å². The summed E-state index contributed by atoms with van der Waals surface area (Å²) in [5.74, 6) is -0.124. The molecule has 0 radical (unpaired) electrons. The first-order chi connectivity index (χ1) is 14.9. The van der Waals surface area contributed by atoms with Gasteiger partial charge >= 0.3 is 0 Å². The maximum atomic E-state index is 12.9. The molecule has 0 spiro atoms. The van der Waals surface area contributed by atoms with Gasteiger partial charge in [-0.2, -0.15) is 9.40 Å². The predicted molar refractivity (Wildman–Crippen MR) is 118 cm³/mol. The van der Waals surface area contributed by atoms with Crippen molar-refractivity contribution in [3.8, 4) is 5.69 Å². The number of piperidine rings is 1. The maximum Gasteiger partial charge on any atom is 0.243 e. The SMILES string of the molecule is CN(Cc1cnn(-c2ccccc2)c1)C(=O)C1CCN(S(=O)(=O)c2ccccc2)CC1. The molecule has 1 amide bonds. The van der Waals surface area contributed by atoms with Crippen LogP contribution in [-0.2, 0) is 21.4 Å². The number of amides is 1. The van der Waals surface area contributed by atoms with Crippen molar-refractivity contribution < 1.29 is 13.2 Å². The van der Waals surface area contributed by atoms with E-state index in [0.29, 0.717) is 37.4 Å². The largest absolute Gasteiger partial charge is 0.341 e. The number of rotatable bonds is 6. The predicted octanol–water partition coefficient (Wildman–Crippen LogP) is 2.93. The first-order valence-electron chi connectivity index (χ1n) is 10.3. The second-order valence-corrected chi connectivity index (χ2v) is 9.75. The normalized spacial score (nSPS) is 15.6. The molecule has 1 aliphatic rings. The second-order valence-electron chi connectivity index (χ2n) is 7.81. The molecule has 2 aromatic carbocycles. The topological polar surface area (TPSA) is 75.5 Å². The summed E-state index contributed by atoms with van der Waals surface area (Å²) in [7, 11) is -1.72. The van der Waals surface area contributed by atoms with Crippen molar-refractivity contribution in [3.63, 3.8) is 0 Å². The summed E-state index contributed by atoms with van der Waals surface area (Å²) in [5.41, 5.74) is 1.92. The lowest BCUT2D eigenvalue weighted by Crippen LogP contribution is -2.43. The molecule has 1 aromatic heterocycles. The average molecular weight is 439 g/mol. The van der Waals surface area contributed by atoms with Crippen LogP contribution >= 0.6 is 0 Å². The van der Waals surface area contributed by atoms with Crippen molar-refractivity contribution in [1.82, 2.24) is 19.0 Å². The molecular formula is C23H26N4O3S. The van der Waals surface area contributed by atoms with Gasteiger partial charge < -0.3 is 4.90 Å². The number of carbonyl (C=O) groups is 1. The lowest BCUT2D eigenvalue weighted by atomic mass is 9.96. The minimum atomic E-state index is -3.51. The van der Waals surface area contributed by atoms with E-state index in [1.165, 1.54) is 4.31 Å². The van der Waals surface area contributed by atoms with Crippen LogP contribution in [-0.4, -0.2) is 53.4 Å². The molecule has 0 N–H and O–H groups in total. The van der Waals surface area contributed by atoms with Crippen LogP contribution in [0.15, 0.2) is 78.0 Å². The Morgan fingerprint density at radius 1 is 1.03 bits per heavy atom. The third kappa shape index (κ3) is 4.70. The molecule has 1 saturated heterocycles. The van der Waals surface area contributed by atoms with E-state index in [0.717, 1.165) is 11.3 Å². The molecule has 0 saturated carbocycles. The van der Waals surface area contributed by atoms with Gasteiger partial charge in [-0.1, -0.05) is 36.4 Å².